The number of nitrogens with one attached hydrogen (secondary N) is 1. The highest BCUT2D eigenvalue weighted by Gasteiger charge is 2.23. The minimum Gasteiger partial charge on any atom is -0.481 e. The van der Waals surface area contributed by atoms with Crippen LogP contribution in [-0.2, 0) is 9.59 Å². The molecule has 1 atom stereocenters. The zero-order chi connectivity index (χ0) is 16.8. The summed E-state index contributed by atoms with van der Waals surface area (Å²) in [6.45, 7) is 0. The molecular formula is C17H16N2O4. The summed E-state index contributed by atoms with van der Waals surface area (Å²) in [6, 6.07) is 14.7. The molecule has 0 aliphatic heterocycles. The van der Waals surface area contributed by atoms with Crippen LogP contribution in [0.15, 0.2) is 54.6 Å². The molecule has 0 heterocycles. The molecule has 2 rings (SSSR count). The summed E-state index contributed by atoms with van der Waals surface area (Å²) >= 11 is 0. The molecule has 0 aliphatic carbocycles. The van der Waals surface area contributed by atoms with Crippen LogP contribution < -0.4 is 11.1 Å². The summed E-state index contributed by atoms with van der Waals surface area (Å²) in [4.78, 5) is 34.6. The van der Waals surface area contributed by atoms with Gasteiger partial charge in [-0.2, -0.15) is 0 Å². The minimum atomic E-state index is -1.07. The van der Waals surface area contributed by atoms with Crippen molar-refractivity contribution in [1.29, 1.82) is 0 Å². The second-order valence-corrected chi connectivity index (χ2v) is 5.00. The highest BCUT2D eigenvalue weighted by molar-refractivity contribution is 5.97. The van der Waals surface area contributed by atoms with Crippen molar-refractivity contribution in [1.82, 2.24) is 0 Å². The monoisotopic (exact) mass is 312 g/mol. The van der Waals surface area contributed by atoms with E-state index in [1.807, 2.05) is 0 Å². The maximum atomic E-state index is 12.1. The van der Waals surface area contributed by atoms with E-state index in [2.05, 4.69) is 5.32 Å². The first-order chi connectivity index (χ1) is 11.0. The van der Waals surface area contributed by atoms with E-state index in [1.165, 1.54) is 12.1 Å². The van der Waals surface area contributed by atoms with E-state index in [4.69, 9.17) is 5.73 Å². The fourth-order valence-electron chi connectivity index (χ4n) is 2.18. The van der Waals surface area contributed by atoms with Gasteiger partial charge in [-0.25, -0.2) is 0 Å². The average Bonchev–Trinajstić information content (AvgIpc) is 2.53. The van der Waals surface area contributed by atoms with E-state index in [1.54, 1.807) is 42.5 Å². The van der Waals surface area contributed by atoms with Gasteiger partial charge in [0, 0.05) is 17.7 Å². The van der Waals surface area contributed by atoms with Crippen LogP contribution in [0.2, 0.25) is 0 Å². The summed E-state index contributed by atoms with van der Waals surface area (Å²) in [5.74, 6) is -3.07. The predicted octanol–water partition coefficient (Wildman–Crippen LogP) is 1.98. The van der Waals surface area contributed by atoms with Crippen LogP contribution in [0.4, 0.5) is 5.69 Å². The molecule has 23 heavy (non-hydrogen) atoms. The third-order valence-corrected chi connectivity index (χ3v) is 3.32. The molecule has 0 radical (unpaired) electrons. The predicted molar refractivity (Wildman–Crippen MR) is 85.0 cm³/mol. The molecule has 0 spiro atoms. The summed E-state index contributed by atoms with van der Waals surface area (Å²) < 4.78 is 0. The quantitative estimate of drug-likeness (QED) is 0.757. The van der Waals surface area contributed by atoms with E-state index >= 15 is 0 Å². The van der Waals surface area contributed by atoms with Crippen molar-refractivity contribution in [3.63, 3.8) is 0 Å². The van der Waals surface area contributed by atoms with Gasteiger partial charge in [0.2, 0.25) is 11.8 Å². The first-order valence-electron chi connectivity index (χ1n) is 6.95. The van der Waals surface area contributed by atoms with Crippen molar-refractivity contribution in [2.45, 2.75) is 12.3 Å². The van der Waals surface area contributed by atoms with E-state index in [-0.39, 0.29) is 12.0 Å². The molecule has 118 valence electrons. The molecule has 0 fully saturated rings. The summed E-state index contributed by atoms with van der Waals surface area (Å²) in [5, 5.41) is 11.9. The Labute approximate surface area is 132 Å². The van der Waals surface area contributed by atoms with Crippen LogP contribution in [0.1, 0.15) is 28.3 Å². The summed E-state index contributed by atoms with van der Waals surface area (Å²) in [7, 11) is 0. The number of carbonyl (C=O) groups excluding carboxylic acids is 2. The van der Waals surface area contributed by atoms with Crippen LogP contribution in [-0.4, -0.2) is 22.9 Å². The lowest BCUT2D eigenvalue weighted by Crippen LogP contribution is -2.21. The van der Waals surface area contributed by atoms with E-state index in [0.717, 1.165) is 0 Å². The normalized spacial score (nSPS) is 11.5. The number of rotatable bonds is 6. The number of carboxylic acids is 1. The van der Waals surface area contributed by atoms with Crippen LogP contribution in [0.3, 0.4) is 0 Å². The molecule has 6 nitrogen and oxygen atoms in total. The first-order valence-corrected chi connectivity index (χ1v) is 6.95. The van der Waals surface area contributed by atoms with Crippen LogP contribution in [0.5, 0.6) is 0 Å². The number of benzene rings is 2. The zero-order valence-electron chi connectivity index (χ0n) is 12.2. The summed E-state index contributed by atoms with van der Waals surface area (Å²) in [5.41, 5.74) is 6.39. The van der Waals surface area contributed by atoms with E-state index < -0.39 is 23.7 Å². The van der Waals surface area contributed by atoms with E-state index in [0.29, 0.717) is 11.3 Å². The third kappa shape index (κ3) is 4.41. The lowest BCUT2D eigenvalue weighted by atomic mass is 9.95. The van der Waals surface area contributed by atoms with E-state index in [9.17, 15) is 19.5 Å². The highest BCUT2D eigenvalue weighted by Crippen LogP contribution is 2.21. The van der Waals surface area contributed by atoms with Gasteiger partial charge in [0.05, 0.1) is 5.92 Å². The van der Waals surface area contributed by atoms with Crippen LogP contribution in [0, 0.1) is 0 Å². The van der Waals surface area contributed by atoms with Gasteiger partial charge in [-0.1, -0.05) is 36.4 Å². The molecule has 2 aromatic carbocycles. The summed E-state index contributed by atoms with van der Waals surface area (Å²) in [6.07, 6.45) is -0.208. The van der Waals surface area contributed by atoms with Crippen molar-refractivity contribution >= 4 is 23.5 Å². The molecule has 2 aromatic rings. The Morgan fingerprint density at radius 2 is 1.74 bits per heavy atom. The number of nitrogens with two attached hydrogens (primary N) is 1. The zero-order valence-corrected chi connectivity index (χ0v) is 12.2. The molecule has 0 aliphatic rings. The maximum absolute atomic E-state index is 12.1. The van der Waals surface area contributed by atoms with Crippen LogP contribution >= 0.6 is 0 Å². The Kier molecular flexibility index (Phi) is 5.09. The number of carboxylic acid groups (broad SMARTS) is 1. The standard InChI is InChI=1S/C17H16N2O4/c18-16(21)12-7-4-8-13(9-12)19-15(20)10-14(17(22)23)11-5-2-1-3-6-11/h1-9,14H,10H2,(H2,18,21)(H,19,20)(H,22,23). The molecule has 0 saturated heterocycles. The van der Waals surface area contributed by atoms with Crippen molar-refractivity contribution in [2.75, 3.05) is 5.32 Å². The number of amides is 2. The number of primary amides is 1. The lowest BCUT2D eigenvalue weighted by Gasteiger charge is -2.13. The van der Waals surface area contributed by atoms with Gasteiger partial charge in [-0.3, -0.25) is 14.4 Å². The smallest absolute Gasteiger partial charge is 0.311 e. The Bertz CT molecular complexity index is 728. The van der Waals surface area contributed by atoms with Gasteiger partial charge in [0.1, 0.15) is 0 Å². The molecule has 2 amide bonds. The van der Waals surface area contributed by atoms with Gasteiger partial charge in [0.25, 0.3) is 0 Å². The Balaban J connectivity index is 2.10. The molecule has 1 unspecified atom stereocenters. The van der Waals surface area contributed by atoms with Crippen LogP contribution in [0.25, 0.3) is 0 Å². The average molecular weight is 312 g/mol. The molecule has 0 bridgehead atoms. The number of carbonyl (C=O) groups is 3. The molecular weight excluding hydrogens is 296 g/mol. The van der Waals surface area contributed by atoms with Crippen molar-refractivity contribution in [3.05, 3.63) is 65.7 Å². The Hall–Kier alpha value is -3.15. The maximum Gasteiger partial charge on any atom is 0.311 e. The second-order valence-electron chi connectivity index (χ2n) is 5.00. The fraction of sp³-hybridized carbons (Fsp3) is 0.118. The Morgan fingerprint density at radius 3 is 2.35 bits per heavy atom. The number of hydrogen-bond acceptors (Lipinski definition) is 3. The molecule has 6 heteroatoms. The van der Waals surface area contributed by atoms with Crippen molar-refractivity contribution in [2.24, 2.45) is 5.73 Å². The van der Waals surface area contributed by atoms with Gasteiger partial charge in [-0.15, -0.1) is 0 Å². The van der Waals surface area contributed by atoms with Crippen molar-refractivity contribution < 1.29 is 19.5 Å². The fourth-order valence-corrected chi connectivity index (χ4v) is 2.18. The van der Waals surface area contributed by atoms with Gasteiger partial charge < -0.3 is 16.2 Å². The second kappa shape index (κ2) is 7.22. The number of hydrogen-bond donors (Lipinski definition) is 3. The minimum absolute atomic E-state index is 0.208. The van der Waals surface area contributed by atoms with Gasteiger partial charge in [0.15, 0.2) is 0 Å². The number of aliphatic carboxylic acids is 1. The SMILES string of the molecule is NC(=O)c1cccc(NC(=O)CC(C(=O)O)c2ccccc2)c1. The molecule has 0 saturated carbocycles. The number of anilines is 1. The van der Waals surface area contributed by atoms with Gasteiger partial charge in [-0.05, 0) is 23.8 Å². The Morgan fingerprint density at radius 1 is 1.04 bits per heavy atom. The first kappa shape index (κ1) is 16.2. The topological polar surface area (TPSA) is 109 Å². The molecule has 0 aromatic heterocycles. The largest absolute Gasteiger partial charge is 0.481 e. The highest BCUT2D eigenvalue weighted by atomic mass is 16.4. The lowest BCUT2D eigenvalue weighted by molar-refractivity contribution is -0.140. The third-order valence-electron chi connectivity index (χ3n) is 3.32. The molecule has 4 N–H and O–H groups in total. The van der Waals surface area contributed by atoms with Crippen molar-refractivity contribution in [3.8, 4) is 0 Å². The van der Waals surface area contributed by atoms with Gasteiger partial charge >= 0.3 is 5.97 Å².